The monoisotopic (exact) mass is 313 g/mol. The molecule has 6 atom stereocenters. The standard InChI is InChI=1S/C14H19NO7/c15-13(20)12(7-4-2-1-3-5-7)22-14-11(19)10(18)9(17)8(6-16)21-14/h1-5,8-12,14,16-19H,6H2,(H2,15,20)/t8-,9-,10+,11-,12-,14-/m1/s1. The molecule has 1 aromatic carbocycles. The van der Waals surface area contributed by atoms with E-state index in [2.05, 4.69) is 0 Å². The molecule has 1 aliphatic heterocycles. The molecule has 0 spiro atoms. The van der Waals surface area contributed by atoms with E-state index in [1.54, 1.807) is 30.3 Å². The number of aliphatic hydroxyl groups excluding tert-OH is 4. The highest BCUT2D eigenvalue weighted by Gasteiger charge is 2.45. The van der Waals surface area contributed by atoms with Crippen molar-refractivity contribution in [2.45, 2.75) is 36.8 Å². The summed E-state index contributed by atoms with van der Waals surface area (Å²) in [6.45, 7) is -0.586. The second-order valence-electron chi connectivity index (χ2n) is 5.03. The van der Waals surface area contributed by atoms with E-state index in [0.29, 0.717) is 5.56 Å². The zero-order valence-electron chi connectivity index (χ0n) is 11.6. The Hall–Kier alpha value is -1.55. The Kier molecular flexibility index (Phi) is 5.46. The third-order valence-electron chi connectivity index (χ3n) is 3.48. The van der Waals surface area contributed by atoms with Crippen LogP contribution in [0.4, 0.5) is 0 Å². The van der Waals surface area contributed by atoms with Gasteiger partial charge < -0.3 is 35.6 Å². The molecule has 0 aliphatic carbocycles. The zero-order chi connectivity index (χ0) is 16.3. The smallest absolute Gasteiger partial charge is 0.251 e. The summed E-state index contributed by atoms with van der Waals surface area (Å²) in [4.78, 5) is 11.6. The molecule has 8 nitrogen and oxygen atoms in total. The van der Waals surface area contributed by atoms with Gasteiger partial charge in [-0.1, -0.05) is 30.3 Å². The van der Waals surface area contributed by atoms with Gasteiger partial charge in [0.1, 0.15) is 24.4 Å². The van der Waals surface area contributed by atoms with Crippen LogP contribution < -0.4 is 5.73 Å². The third-order valence-corrected chi connectivity index (χ3v) is 3.48. The minimum absolute atomic E-state index is 0.451. The van der Waals surface area contributed by atoms with Crippen LogP contribution >= 0.6 is 0 Å². The second kappa shape index (κ2) is 7.14. The lowest BCUT2D eigenvalue weighted by Gasteiger charge is -2.40. The predicted molar refractivity (Wildman–Crippen MR) is 73.2 cm³/mol. The summed E-state index contributed by atoms with van der Waals surface area (Å²) in [5.74, 6) is -0.803. The number of primary amides is 1. The maximum atomic E-state index is 11.6. The summed E-state index contributed by atoms with van der Waals surface area (Å²) >= 11 is 0. The van der Waals surface area contributed by atoms with Crippen LogP contribution in [0.2, 0.25) is 0 Å². The fraction of sp³-hybridized carbons (Fsp3) is 0.500. The number of amides is 1. The van der Waals surface area contributed by atoms with E-state index in [9.17, 15) is 20.1 Å². The summed E-state index contributed by atoms with van der Waals surface area (Å²) in [5.41, 5.74) is 5.75. The number of ether oxygens (including phenoxy) is 2. The highest BCUT2D eigenvalue weighted by atomic mass is 16.7. The van der Waals surface area contributed by atoms with Crippen molar-refractivity contribution in [3.05, 3.63) is 35.9 Å². The molecular formula is C14H19NO7. The second-order valence-corrected chi connectivity index (χ2v) is 5.03. The molecule has 1 aliphatic rings. The number of benzene rings is 1. The molecule has 1 aromatic rings. The summed E-state index contributed by atoms with van der Waals surface area (Å²) in [6.07, 6.45) is -8.42. The predicted octanol–water partition coefficient (Wildman–Crippen LogP) is -1.97. The lowest BCUT2D eigenvalue weighted by atomic mass is 9.99. The van der Waals surface area contributed by atoms with Crippen molar-refractivity contribution in [1.82, 2.24) is 0 Å². The summed E-state index contributed by atoms with van der Waals surface area (Å²) in [6, 6.07) is 8.33. The zero-order valence-corrected chi connectivity index (χ0v) is 11.6. The van der Waals surface area contributed by atoms with Crippen molar-refractivity contribution in [2.24, 2.45) is 5.73 Å². The van der Waals surface area contributed by atoms with Crippen LogP contribution in [0.5, 0.6) is 0 Å². The first-order chi connectivity index (χ1) is 10.5. The van der Waals surface area contributed by atoms with Gasteiger partial charge in [-0.15, -0.1) is 0 Å². The maximum Gasteiger partial charge on any atom is 0.251 e. The number of carbonyl (C=O) groups is 1. The van der Waals surface area contributed by atoms with Crippen LogP contribution in [0, 0.1) is 0 Å². The van der Waals surface area contributed by atoms with Gasteiger partial charge in [-0.25, -0.2) is 0 Å². The molecule has 0 unspecified atom stereocenters. The van der Waals surface area contributed by atoms with Gasteiger partial charge in [0.05, 0.1) is 6.61 Å². The highest BCUT2D eigenvalue weighted by molar-refractivity contribution is 5.80. The van der Waals surface area contributed by atoms with Crippen LogP contribution in [0.15, 0.2) is 30.3 Å². The number of rotatable bonds is 5. The van der Waals surface area contributed by atoms with E-state index >= 15 is 0 Å². The van der Waals surface area contributed by atoms with Gasteiger partial charge in [-0.2, -0.15) is 0 Å². The van der Waals surface area contributed by atoms with Crippen LogP contribution in [0.25, 0.3) is 0 Å². The van der Waals surface area contributed by atoms with Gasteiger partial charge in [-0.05, 0) is 5.56 Å². The molecular weight excluding hydrogens is 294 g/mol. The molecule has 2 rings (SSSR count). The molecule has 0 saturated carbocycles. The summed E-state index contributed by atoms with van der Waals surface area (Å²) in [5, 5.41) is 38.4. The summed E-state index contributed by atoms with van der Waals surface area (Å²) in [7, 11) is 0. The lowest BCUT2D eigenvalue weighted by Crippen LogP contribution is -2.59. The molecule has 1 saturated heterocycles. The Labute approximate surface area is 126 Å². The normalized spacial score (nSPS) is 33.4. The van der Waals surface area contributed by atoms with E-state index in [1.807, 2.05) is 0 Å². The number of hydrogen-bond acceptors (Lipinski definition) is 7. The van der Waals surface area contributed by atoms with Crippen molar-refractivity contribution in [3.8, 4) is 0 Å². The van der Waals surface area contributed by atoms with Crippen LogP contribution in [-0.2, 0) is 14.3 Å². The van der Waals surface area contributed by atoms with Gasteiger partial charge in [0, 0.05) is 0 Å². The molecule has 0 bridgehead atoms. The molecule has 6 N–H and O–H groups in total. The summed E-state index contributed by atoms with van der Waals surface area (Å²) < 4.78 is 10.6. The van der Waals surface area contributed by atoms with Crippen molar-refractivity contribution in [2.75, 3.05) is 6.61 Å². The van der Waals surface area contributed by atoms with Crippen molar-refractivity contribution >= 4 is 5.91 Å². The molecule has 22 heavy (non-hydrogen) atoms. The van der Waals surface area contributed by atoms with E-state index in [-0.39, 0.29) is 0 Å². The Balaban J connectivity index is 2.17. The molecule has 0 aromatic heterocycles. The van der Waals surface area contributed by atoms with Crippen LogP contribution in [0.3, 0.4) is 0 Å². The first-order valence-electron chi connectivity index (χ1n) is 6.76. The van der Waals surface area contributed by atoms with E-state index in [4.69, 9.17) is 20.3 Å². The van der Waals surface area contributed by atoms with Crippen LogP contribution in [0.1, 0.15) is 11.7 Å². The van der Waals surface area contributed by atoms with E-state index in [1.165, 1.54) is 0 Å². The molecule has 1 fully saturated rings. The molecule has 0 radical (unpaired) electrons. The Bertz CT molecular complexity index is 495. The molecule has 122 valence electrons. The molecule has 8 heteroatoms. The number of carbonyl (C=O) groups excluding carboxylic acids is 1. The van der Waals surface area contributed by atoms with Gasteiger partial charge >= 0.3 is 0 Å². The van der Waals surface area contributed by atoms with E-state index in [0.717, 1.165) is 0 Å². The van der Waals surface area contributed by atoms with Crippen molar-refractivity contribution in [3.63, 3.8) is 0 Å². The average molecular weight is 313 g/mol. The number of nitrogens with two attached hydrogens (primary N) is 1. The molecule has 1 heterocycles. The molecule has 1 amide bonds. The largest absolute Gasteiger partial charge is 0.394 e. The van der Waals surface area contributed by atoms with Crippen molar-refractivity contribution in [1.29, 1.82) is 0 Å². The van der Waals surface area contributed by atoms with Crippen molar-refractivity contribution < 1.29 is 34.7 Å². The van der Waals surface area contributed by atoms with Gasteiger partial charge in [-0.3, -0.25) is 4.79 Å². The Morgan fingerprint density at radius 1 is 1.18 bits per heavy atom. The van der Waals surface area contributed by atoms with Gasteiger partial charge in [0.25, 0.3) is 5.91 Å². The third kappa shape index (κ3) is 3.43. The first-order valence-corrected chi connectivity index (χ1v) is 6.76. The van der Waals surface area contributed by atoms with Crippen LogP contribution in [-0.4, -0.2) is 63.6 Å². The topological polar surface area (TPSA) is 142 Å². The fourth-order valence-electron chi connectivity index (χ4n) is 2.25. The first kappa shape index (κ1) is 16.8. The van der Waals surface area contributed by atoms with E-state index < -0.39 is 49.3 Å². The van der Waals surface area contributed by atoms with Gasteiger partial charge in [0.2, 0.25) is 0 Å². The Morgan fingerprint density at radius 3 is 2.36 bits per heavy atom. The lowest BCUT2D eigenvalue weighted by molar-refractivity contribution is -0.309. The minimum atomic E-state index is -1.59. The number of aliphatic hydroxyl groups is 4. The fourth-order valence-corrected chi connectivity index (χ4v) is 2.25. The number of hydrogen-bond donors (Lipinski definition) is 5. The Morgan fingerprint density at radius 2 is 1.82 bits per heavy atom. The van der Waals surface area contributed by atoms with Gasteiger partial charge in [0.15, 0.2) is 12.4 Å². The minimum Gasteiger partial charge on any atom is -0.394 e. The quantitative estimate of drug-likeness (QED) is 0.424. The maximum absolute atomic E-state index is 11.6. The average Bonchev–Trinajstić information content (AvgIpc) is 2.52. The SMILES string of the molecule is NC(=O)[C@H](O[C@H]1O[C@H](CO)[C@@H](O)[C@H](O)[C@H]1O)c1ccccc1. The highest BCUT2D eigenvalue weighted by Crippen LogP contribution is 2.27.